The van der Waals surface area contributed by atoms with Gasteiger partial charge in [0.1, 0.15) is 5.84 Å². The lowest BCUT2D eigenvalue weighted by molar-refractivity contribution is -0.126. The van der Waals surface area contributed by atoms with Crippen molar-refractivity contribution in [2.45, 2.75) is 33.4 Å². The first kappa shape index (κ1) is 16.6. The summed E-state index contributed by atoms with van der Waals surface area (Å²) in [6.45, 7) is 5.61. The first-order chi connectivity index (χ1) is 9.29. The number of aliphatic imine (C=N–C) groups is 1. The Morgan fingerprint density at radius 3 is 2.60 bits per heavy atom. The number of rotatable bonds is 4. The van der Waals surface area contributed by atoms with Crippen LogP contribution in [0.25, 0.3) is 0 Å². The number of aliphatic hydroxyl groups excluding tert-OH is 1. The van der Waals surface area contributed by atoms with Gasteiger partial charge in [-0.25, -0.2) is 0 Å². The van der Waals surface area contributed by atoms with Crippen LogP contribution in [0.15, 0.2) is 27.7 Å². The van der Waals surface area contributed by atoms with Gasteiger partial charge >= 0.3 is 0 Å². The Kier molecular flexibility index (Phi) is 5.65. The lowest BCUT2D eigenvalue weighted by Gasteiger charge is -2.22. The van der Waals surface area contributed by atoms with Crippen molar-refractivity contribution in [1.82, 2.24) is 4.90 Å². The lowest BCUT2D eigenvalue weighted by Crippen LogP contribution is -2.40. The first-order valence-corrected chi connectivity index (χ1v) is 6.76. The monoisotopic (exact) mass is 297 g/mol. The van der Waals surface area contributed by atoms with E-state index in [1.165, 1.54) is 6.92 Å². The van der Waals surface area contributed by atoms with Crippen LogP contribution >= 0.6 is 11.6 Å². The van der Waals surface area contributed by atoms with Crippen LogP contribution in [0, 0.1) is 11.3 Å². The van der Waals surface area contributed by atoms with Gasteiger partial charge in [0.15, 0.2) is 6.23 Å². The second-order valence-corrected chi connectivity index (χ2v) is 5.37. The molecule has 0 fully saturated rings. The Morgan fingerprint density at radius 1 is 1.60 bits per heavy atom. The van der Waals surface area contributed by atoms with Crippen molar-refractivity contribution in [3.63, 3.8) is 0 Å². The molecule has 0 bridgehead atoms. The van der Waals surface area contributed by atoms with E-state index >= 15 is 0 Å². The van der Waals surface area contributed by atoms with Gasteiger partial charge in [-0.3, -0.25) is 20.1 Å². The molecule has 1 rings (SSSR count). The molecular weight excluding hydrogens is 278 g/mol. The fraction of sp³-hybridized carbons (Fsp3) is 0.500. The Bertz CT molecular complexity index is 507. The quantitative estimate of drug-likeness (QED) is 0.617. The van der Waals surface area contributed by atoms with Gasteiger partial charge in [-0.2, -0.15) is 0 Å². The summed E-state index contributed by atoms with van der Waals surface area (Å²) in [4.78, 5) is 17.0. The van der Waals surface area contributed by atoms with Crippen molar-refractivity contribution in [2.75, 3.05) is 7.05 Å². The third-order valence-corrected chi connectivity index (χ3v) is 3.45. The van der Waals surface area contributed by atoms with Gasteiger partial charge in [-0.15, -0.1) is 0 Å². The average molecular weight is 298 g/mol. The molecule has 1 unspecified atom stereocenters. The third kappa shape index (κ3) is 3.55. The average Bonchev–Trinajstić information content (AvgIpc) is 2.58. The minimum Gasteiger partial charge on any atom is -0.368 e. The number of halogens is 1. The second kappa shape index (κ2) is 6.81. The highest BCUT2D eigenvalue weighted by Crippen LogP contribution is 2.27. The molecule has 1 atom stereocenters. The van der Waals surface area contributed by atoms with Crippen LogP contribution in [-0.4, -0.2) is 40.7 Å². The van der Waals surface area contributed by atoms with Gasteiger partial charge in [0.25, 0.3) is 5.91 Å². The zero-order chi connectivity index (χ0) is 15.4. The number of hydrogen-bond acceptors (Lipinski definition) is 4. The van der Waals surface area contributed by atoms with Crippen LogP contribution < -0.4 is 0 Å². The summed E-state index contributed by atoms with van der Waals surface area (Å²) in [6, 6.07) is 0. The van der Waals surface area contributed by atoms with E-state index in [0.29, 0.717) is 11.6 Å². The highest BCUT2D eigenvalue weighted by atomic mass is 35.5. The molecule has 1 aliphatic rings. The molecule has 2 N–H and O–H groups in total. The molecule has 1 aliphatic heterocycles. The number of nitrogens with zero attached hydrogens (tertiary/aromatic N) is 2. The van der Waals surface area contributed by atoms with E-state index in [4.69, 9.17) is 17.0 Å². The molecule has 0 saturated heterocycles. The highest BCUT2D eigenvalue weighted by Gasteiger charge is 2.37. The Labute approximate surface area is 124 Å². The Hall–Kier alpha value is -1.46. The summed E-state index contributed by atoms with van der Waals surface area (Å²) in [5.74, 6) is -0.0828. The number of carbonyl (C=O) groups is 1. The molecule has 6 heteroatoms. The number of amides is 1. The van der Waals surface area contributed by atoms with Gasteiger partial charge in [-0.1, -0.05) is 31.5 Å². The third-order valence-electron chi connectivity index (χ3n) is 2.97. The summed E-state index contributed by atoms with van der Waals surface area (Å²) in [6.07, 6.45) is 2.70. The molecule has 1 amide bonds. The van der Waals surface area contributed by atoms with Gasteiger partial charge in [0.05, 0.1) is 5.03 Å². The maximum absolute atomic E-state index is 11.9. The summed E-state index contributed by atoms with van der Waals surface area (Å²) in [5.41, 5.74) is 0.945. The topological polar surface area (TPSA) is 76.8 Å². The number of nitrogens with one attached hydrogen (secondary N) is 1. The molecule has 0 saturated carbocycles. The van der Waals surface area contributed by atoms with Crippen LogP contribution in [0.4, 0.5) is 0 Å². The summed E-state index contributed by atoms with van der Waals surface area (Å²) >= 11 is 5.85. The number of amidine groups is 1. The van der Waals surface area contributed by atoms with E-state index in [1.807, 2.05) is 26.0 Å². The molecule has 0 aromatic heterocycles. The molecule has 20 heavy (non-hydrogen) atoms. The molecule has 0 spiro atoms. The molecule has 0 radical (unpaired) electrons. The van der Waals surface area contributed by atoms with E-state index in [9.17, 15) is 9.90 Å². The fourth-order valence-corrected chi connectivity index (χ4v) is 1.92. The van der Waals surface area contributed by atoms with Crippen LogP contribution in [-0.2, 0) is 4.79 Å². The zero-order valence-corrected chi connectivity index (χ0v) is 12.9. The SMILES string of the molecule is CN=C(/C=C/C(C)C)CC(=N)N1C(=O)C(C)=C(Cl)C1O. The fourth-order valence-electron chi connectivity index (χ4n) is 1.74. The molecule has 5 nitrogen and oxygen atoms in total. The number of allylic oxidation sites excluding steroid dienone is 2. The summed E-state index contributed by atoms with van der Waals surface area (Å²) in [7, 11) is 1.63. The molecular formula is C14H20ClN3O2. The van der Waals surface area contributed by atoms with Crippen molar-refractivity contribution in [3.05, 3.63) is 22.8 Å². The summed E-state index contributed by atoms with van der Waals surface area (Å²) < 4.78 is 0. The van der Waals surface area contributed by atoms with Gasteiger partial charge < -0.3 is 5.11 Å². The van der Waals surface area contributed by atoms with E-state index in [1.54, 1.807) is 7.05 Å². The zero-order valence-electron chi connectivity index (χ0n) is 12.1. The van der Waals surface area contributed by atoms with Crippen LogP contribution in [0.5, 0.6) is 0 Å². The number of aliphatic hydroxyl groups is 1. The molecule has 0 aromatic carbocycles. The van der Waals surface area contributed by atoms with E-state index < -0.39 is 12.1 Å². The normalized spacial score (nSPS) is 20.8. The van der Waals surface area contributed by atoms with Gasteiger partial charge in [-0.05, 0) is 18.9 Å². The van der Waals surface area contributed by atoms with Crippen molar-refractivity contribution < 1.29 is 9.90 Å². The van der Waals surface area contributed by atoms with E-state index in [0.717, 1.165) is 4.90 Å². The first-order valence-electron chi connectivity index (χ1n) is 6.38. The standard InChI is InChI=1S/C14H20ClN3O2/c1-8(2)5-6-10(17-4)7-11(16)18-13(19)9(3)12(15)14(18)20/h5-6,8,14,16,20H,7H2,1-4H3/b6-5+,16-11?,17-10?. The van der Waals surface area contributed by atoms with Gasteiger partial charge in [0, 0.05) is 24.8 Å². The number of hydrogen-bond donors (Lipinski definition) is 2. The van der Waals surface area contributed by atoms with Crippen LogP contribution in [0.2, 0.25) is 0 Å². The Balaban J connectivity index is 2.80. The minimum atomic E-state index is -1.26. The largest absolute Gasteiger partial charge is 0.368 e. The van der Waals surface area contributed by atoms with Crippen molar-refractivity contribution >= 4 is 29.1 Å². The van der Waals surface area contributed by atoms with Crippen LogP contribution in [0.1, 0.15) is 27.2 Å². The predicted octanol–water partition coefficient (Wildman–Crippen LogP) is 2.31. The van der Waals surface area contributed by atoms with Crippen molar-refractivity contribution in [1.29, 1.82) is 5.41 Å². The Morgan fingerprint density at radius 2 is 2.20 bits per heavy atom. The second-order valence-electron chi connectivity index (χ2n) is 4.96. The maximum Gasteiger partial charge on any atom is 0.258 e. The molecule has 0 aromatic rings. The maximum atomic E-state index is 11.9. The molecule has 1 heterocycles. The molecule has 110 valence electrons. The van der Waals surface area contributed by atoms with Gasteiger partial charge in [0.2, 0.25) is 0 Å². The van der Waals surface area contributed by atoms with Crippen molar-refractivity contribution in [3.8, 4) is 0 Å². The highest BCUT2D eigenvalue weighted by molar-refractivity contribution is 6.34. The summed E-state index contributed by atoms with van der Waals surface area (Å²) in [5, 5.41) is 18.0. The number of carbonyl (C=O) groups excluding carboxylic acids is 1. The van der Waals surface area contributed by atoms with E-state index in [2.05, 4.69) is 4.99 Å². The molecule has 0 aliphatic carbocycles. The van der Waals surface area contributed by atoms with Crippen LogP contribution in [0.3, 0.4) is 0 Å². The van der Waals surface area contributed by atoms with E-state index in [-0.39, 0.29) is 22.9 Å². The smallest absolute Gasteiger partial charge is 0.258 e. The minimum absolute atomic E-state index is 0.0218. The predicted molar refractivity (Wildman–Crippen MR) is 81.1 cm³/mol. The lowest BCUT2D eigenvalue weighted by atomic mass is 10.1. The van der Waals surface area contributed by atoms with Crippen molar-refractivity contribution in [2.24, 2.45) is 10.9 Å².